The number of carboxylic acids is 1. The van der Waals surface area contributed by atoms with E-state index in [0.29, 0.717) is 18.9 Å². The van der Waals surface area contributed by atoms with Crippen molar-refractivity contribution in [1.82, 2.24) is 14.5 Å². The molecule has 1 fully saturated rings. The molecular formula is C17H16N4O3. The number of para-hydroxylation sites is 1. The van der Waals surface area contributed by atoms with Crippen LogP contribution in [0.4, 0.5) is 5.82 Å². The van der Waals surface area contributed by atoms with Gasteiger partial charge in [0.2, 0.25) is 0 Å². The van der Waals surface area contributed by atoms with Crippen LogP contribution in [0.15, 0.2) is 42.7 Å². The van der Waals surface area contributed by atoms with Crippen molar-refractivity contribution >= 4 is 22.8 Å². The molecule has 24 heavy (non-hydrogen) atoms. The number of carboxylic acid groups (broad SMARTS) is 1. The van der Waals surface area contributed by atoms with Crippen molar-refractivity contribution in [3.05, 3.63) is 48.4 Å². The zero-order valence-corrected chi connectivity index (χ0v) is 12.9. The predicted octanol–water partition coefficient (Wildman–Crippen LogP) is 1.96. The van der Waals surface area contributed by atoms with Gasteiger partial charge in [-0.05, 0) is 18.2 Å². The van der Waals surface area contributed by atoms with Gasteiger partial charge >= 0.3 is 5.97 Å². The van der Waals surface area contributed by atoms with E-state index < -0.39 is 5.97 Å². The van der Waals surface area contributed by atoms with E-state index in [2.05, 4.69) is 14.9 Å². The number of benzene rings is 1. The van der Waals surface area contributed by atoms with E-state index in [0.717, 1.165) is 30.0 Å². The largest absolute Gasteiger partial charge is 0.477 e. The normalized spacial score (nSPS) is 14.9. The van der Waals surface area contributed by atoms with Crippen LogP contribution in [-0.2, 0) is 4.74 Å². The second-order valence-electron chi connectivity index (χ2n) is 5.54. The second kappa shape index (κ2) is 5.93. The maximum atomic E-state index is 11.7. The summed E-state index contributed by atoms with van der Waals surface area (Å²) in [4.78, 5) is 22.6. The van der Waals surface area contributed by atoms with E-state index in [1.165, 1.54) is 6.33 Å². The Hall–Kier alpha value is -2.93. The highest BCUT2D eigenvalue weighted by molar-refractivity contribution is 5.98. The molecule has 7 heteroatoms. The highest BCUT2D eigenvalue weighted by Crippen LogP contribution is 2.29. The lowest BCUT2D eigenvalue weighted by molar-refractivity contribution is 0.0688. The number of ether oxygens (including phenoxy) is 1. The number of hydrogen-bond donors (Lipinski definition) is 1. The summed E-state index contributed by atoms with van der Waals surface area (Å²) in [5.74, 6) is -0.245. The lowest BCUT2D eigenvalue weighted by Gasteiger charge is -2.28. The maximum absolute atomic E-state index is 11.7. The van der Waals surface area contributed by atoms with Crippen LogP contribution < -0.4 is 4.90 Å². The van der Waals surface area contributed by atoms with Crippen LogP contribution >= 0.6 is 0 Å². The predicted molar refractivity (Wildman–Crippen MR) is 88.9 cm³/mol. The van der Waals surface area contributed by atoms with Gasteiger partial charge in [0.05, 0.1) is 18.6 Å². The molecule has 0 amide bonds. The Labute approximate surface area is 138 Å². The van der Waals surface area contributed by atoms with Gasteiger partial charge in [-0.15, -0.1) is 0 Å². The monoisotopic (exact) mass is 324 g/mol. The van der Waals surface area contributed by atoms with Crippen molar-refractivity contribution in [3.8, 4) is 5.69 Å². The van der Waals surface area contributed by atoms with Gasteiger partial charge in [0, 0.05) is 18.8 Å². The Morgan fingerprint density at radius 1 is 1.12 bits per heavy atom. The summed E-state index contributed by atoms with van der Waals surface area (Å²) >= 11 is 0. The molecule has 7 nitrogen and oxygen atoms in total. The summed E-state index contributed by atoms with van der Waals surface area (Å²) in [7, 11) is 0. The van der Waals surface area contributed by atoms with E-state index in [1.807, 2.05) is 30.3 Å². The van der Waals surface area contributed by atoms with E-state index in [9.17, 15) is 9.90 Å². The minimum atomic E-state index is -0.996. The fourth-order valence-electron chi connectivity index (χ4n) is 3.02. The number of hydrogen-bond acceptors (Lipinski definition) is 5. The molecule has 3 heterocycles. The van der Waals surface area contributed by atoms with Crippen LogP contribution in [-0.4, -0.2) is 51.9 Å². The number of nitrogens with zero attached hydrogens (tertiary/aromatic N) is 4. The summed E-state index contributed by atoms with van der Waals surface area (Å²) in [5, 5.41) is 10.4. The quantitative estimate of drug-likeness (QED) is 0.793. The van der Waals surface area contributed by atoms with Crippen molar-refractivity contribution in [2.24, 2.45) is 0 Å². The Morgan fingerprint density at radius 3 is 2.58 bits per heavy atom. The summed E-state index contributed by atoms with van der Waals surface area (Å²) in [6, 6.07) is 11.0. The van der Waals surface area contributed by atoms with Crippen LogP contribution in [0.2, 0.25) is 0 Å². The number of fused-ring (bicyclic) bond motifs is 1. The highest BCUT2D eigenvalue weighted by atomic mass is 16.5. The van der Waals surface area contributed by atoms with E-state index >= 15 is 0 Å². The van der Waals surface area contributed by atoms with Gasteiger partial charge in [0.15, 0.2) is 5.65 Å². The van der Waals surface area contributed by atoms with Crippen molar-refractivity contribution in [2.45, 2.75) is 0 Å². The molecule has 3 aromatic rings. The zero-order chi connectivity index (χ0) is 16.5. The number of carbonyl (C=O) groups is 1. The Kier molecular flexibility index (Phi) is 3.62. The van der Waals surface area contributed by atoms with Crippen molar-refractivity contribution < 1.29 is 14.6 Å². The molecule has 4 rings (SSSR count). The third-order valence-corrected chi connectivity index (χ3v) is 4.12. The van der Waals surface area contributed by atoms with E-state index in [1.54, 1.807) is 10.6 Å². The molecule has 1 saturated heterocycles. The standard InChI is InChI=1S/C17H16N4O3/c22-17(23)14-10-13-15(20-6-8-24-9-7-20)18-11-19-16(13)21(14)12-4-2-1-3-5-12/h1-5,10-11H,6-9H2,(H,22,23). The molecule has 122 valence electrons. The Bertz CT molecular complexity index is 885. The first-order chi connectivity index (χ1) is 11.8. The summed E-state index contributed by atoms with van der Waals surface area (Å²) < 4.78 is 7.04. The first-order valence-corrected chi connectivity index (χ1v) is 7.73. The molecule has 0 radical (unpaired) electrons. The molecule has 1 aromatic carbocycles. The molecule has 1 N–H and O–H groups in total. The zero-order valence-electron chi connectivity index (χ0n) is 12.9. The molecule has 0 saturated carbocycles. The number of aromatic nitrogens is 3. The molecule has 0 atom stereocenters. The maximum Gasteiger partial charge on any atom is 0.352 e. The van der Waals surface area contributed by atoms with Gasteiger partial charge in [-0.2, -0.15) is 0 Å². The fourth-order valence-corrected chi connectivity index (χ4v) is 3.02. The summed E-state index contributed by atoms with van der Waals surface area (Å²) in [6.07, 6.45) is 1.48. The molecule has 2 aromatic heterocycles. The average molecular weight is 324 g/mol. The average Bonchev–Trinajstić information content (AvgIpc) is 3.03. The van der Waals surface area contributed by atoms with Crippen LogP contribution in [0.1, 0.15) is 10.5 Å². The third kappa shape index (κ3) is 2.39. The lowest BCUT2D eigenvalue weighted by atomic mass is 10.3. The van der Waals surface area contributed by atoms with Gasteiger partial charge in [-0.3, -0.25) is 4.57 Å². The van der Waals surface area contributed by atoms with Gasteiger partial charge in [0.25, 0.3) is 0 Å². The van der Waals surface area contributed by atoms with Gasteiger partial charge in [-0.25, -0.2) is 14.8 Å². The first-order valence-electron chi connectivity index (χ1n) is 7.73. The van der Waals surface area contributed by atoms with E-state index in [4.69, 9.17) is 4.74 Å². The molecule has 0 spiro atoms. The van der Waals surface area contributed by atoms with Crippen LogP contribution in [0, 0.1) is 0 Å². The number of morpholine rings is 1. The van der Waals surface area contributed by atoms with Crippen molar-refractivity contribution in [2.75, 3.05) is 31.2 Å². The third-order valence-electron chi connectivity index (χ3n) is 4.12. The highest BCUT2D eigenvalue weighted by Gasteiger charge is 2.22. The van der Waals surface area contributed by atoms with Gasteiger partial charge in [-0.1, -0.05) is 18.2 Å². The van der Waals surface area contributed by atoms with Gasteiger partial charge in [0.1, 0.15) is 17.8 Å². The minimum Gasteiger partial charge on any atom is -0.477 e. The molecule has 1 aliphatic rings. The Balaban J connectivity index is 1.95. The molecule has 0 bridgehead atoms. The van der Waals surface area contributed by atoms with Crippen LogP contribution in [0.5, 0.6) is 0 Å². The minimum absolute atomic E-state index is 0.172. The summed E-state index contributed by atoms with van der Waals surface area (Å²) in [6.45, 7) is 2.73. The topological polar surface area (TPSA) is 80.5 Å². The molecular weight excluding hydrogens is 308 g/mol. The van der Waals surface area contributed by atoms with Crippen LogP contribution in [0.3, 0.4) is 0 Å². The SMILES string of the molecule is O=C(O)c1cc2c(N3CCOCC3)ncnc2n1-c1ccccc1. The van der Waals surface area contributed by atoms with Crippen LogP contribution in [0.25, 0.3) is 16.7 Å². The lowest BCUT2D eigenvalue weighted by Crippen LogP contribution is -2.36. The number of aromatic carboxylic acids is 1. The summed E-state index contributed by atoms with van der Waals surface area (Å²) in [5.41, 5.74) is 1.53. The smallest absolute Gasteiger partial charge is 0.352 e. The van der Waals surface area contributed by atoms with Crippen molar-refractivity contribution in [1.29, 1.82) is 0 Å². The Morgan fingerprint density at radius 2 is 1.88 bits per heavy atom. The number of rotatable bonds is 3. The molecule has 0 aliphatic carbocycles. The number of anilines is 1. The second-order valence-corrected chi connectivity index (χ2v) is 5.54. The van der Waals surface area contributed by atoms with Gasteiger partial charge < -0.3 is 14.7 Å². The fraction of sp³-hybridized carbons (Fsp3) is 0.235. The molecule has 0 unspecified atom stereocenters. The van der Waals surface area contributed by atoms with Crippen molar-refractivity contribution in [3.63, 3.8) is 0 Å². The van der Waals surface area contributed by atoms with E-state index in [-0.39, 0.29) is 5.69 Å². The molecule has 1 aliphatic heterocycles. The first kappa shape index (κ1) is 14.6.